The average molecular weight is 390 g/mol. The second kappa shape index (κ2) is 7.82. The van der Waals surface area contributed by atoms with Gasteiger partial charge < -0.3 is 20.7 Å². The molecule has 1 saturated heterocycles. The van der Waals surface area contributed by atoms with E-state index in [1.54, 1.807) is 20.0 Å². The number of aliphatic hydroxyl groups is 1. The molecule has 3 aromatic heterocycles. The van der Waals surface area contributed by atoms with Gasteiger partial charge in [-0.3, -0.25) is 0 Å². The number of anilines is 1. The molecular weight excluding hydrogens is 364 g/mol. The molecule has 7 nitrogen and oxygen atoms in total. The number of pyridine rings is 1. The van der Waals surface area contributed by atoms with Gasteiger partial charge in [0.25, 0.3) is 0 Å². The minimum atomic E-state index is -1.07. The highest BCUT2D eigenvalue weighted by atomic mass is 16.3. The number of rotatable bonds is 3. The highest BCUT2D eigenvalue weighted by Gasteiger charge is 2.18. The monoisotopic (exact) mass is 390 g/mol. The topological polar surface area (TPSA) is 102 Å². The number of nitrogen functional groups attached to an aromatic ring is 1. The van der Waals surface area contributed by atoms with Crippen LogP contribution in [0.3, 0.4) is 0 Å². The summed E-state index contributed by atoms with van der Waals surface area (Å²) in [6, 6.07) is 3.82. The lowest BCUT2D eigenvalue weighted by molar-refractivity contribution is 0.143. The highest BCUT2D eigenvalue weighted by molar-refractivity contribution is 5.95. The Morgan fingerprint density at radius 3 is 2.83 bits per heavy atom. The van der Waals surface area contributed by atoms with E-state index in [2.05, 4.69) is 42.9 Å². The van der Waals surface area contributed by atoms with Crippen LogP contribution in [0, 0.1) is 17.8 Å². The fourth-order valence-corrected chi connectivity index (χ4v) is 3.69. The Morgan fingerprint density at radius 1 is 1.31 bits per heavy atom. The molecule has 0 aromatic carbocycles. The lowest BCUT2D eigenvalue weighted by Crippen LogP contribution is -2.29. The second-order valence-electron chi connectivity index (χ2n) is 8.08. The Labute approximate surface area is 170 Å². The molecule has 0 bridgehead atoms. The zero-order chi connectivity index (χ0) is 20.4. The van der Waals surface area contributed by atoms with Crippen LogP contribution < -0.4 is 11.1 Å². The van der Waals surface area contributed by atoms with E-state index in [1.165, 1.54) is 0 Å². The summed E-state index contributed by atoms with van der Waals surface area (Å²) < 4.78 is 2.26. The first kappa shape index (κ1) is 19.4. The maximum Gasteiger partial charge on any atom is 0.220 e. The molecule has 7 heteroatoms. The van der Waals surface area contributed by atoms with Gasteiger partial charge in [0.2, 0.25) is 5.95 Å². The summed E-state index contributed by atoms with van der Waals surface area (Å²) in [5.41, 5.74) is 8.17. The first-order valence-corrected chi connectivity index (χ1v) is 9.93. The molecule has 0 atom stereocenters. The SMILES string of the molecule is CC(C)(O)C#Cc1cc2c(-c3ccnc(N)n3)cn(CC3CCNCC3)c2cn1. The molecule has 1 aliphatic rings. The number of nitrogens with one attached hydrogen (secondary N) is 1. The Bertz CT molecular complexity index is 1080. The van der Waals surface area contributed by atoms with Crippen molar-refractivity contribution in [2.45, 2.75) is 38.8 Å². The summed E-state index contributed by atoms with van der Waals surface area (Å²) in [7, 11) is 0. The van der Waals surface area contributed by atoms with Gasteiger partial charge >= 0.3 is 0 Å². The number of hydrogen-bond acceptors (Lipinski definition) is 6. The normalized spacial score (nSPS) is 15.3. The van der Waals surface area contributed by atoms with Gasteiger partial charge in [-0.2, -0.15) is 0 Å². The summed E-state index contributed by atoms with van der Waals surface area (Å²) in [4.78, 5) is 12.9. The number of nitrogens with two attached hydrogens (primary N) is 1. The molecule has 1 aliphatic heterocycles. The van der Waals surface area contributed by atoms with Gasteiger partial charge in [-0.15, -0.1) is 0 Å². The zero-order valence-electron chi connectivity index (χ0n) is 16.8. The van der Waals surface area contributed by atoms with Crippen LogP contribution in [-0.4, -0.2) is 43.3 Å². The lowest BCUT2D eigenvalue weighted by Gasteiger charge is -2.23. The van der Waals surface area contributed by atoms with Gasteiger partial charge in [-0.05, 0) is 63.7 Å². The molecule has 0 spiro atoms. The van der Waals surface area contributed by atoms with Crippen LogP contribution in [0.4, 0.5) is 5.95 Å². The third kappa shape index (κ3) is 4.56. The van der Waals surface area contributed by atoms with Crippen molar-refractivity contribution in [3.05, 3.63) is 36.4 Å². The molecule has 0 saturated carbocycles. The number of hydrogen-bond donors (Lipinski definition) is 3. The molecule has 1 fully saturated rings. The summed E-state index contributed by atoms with van der Waals surface area (Å²) in [6.45, 7) is 6.38. The van der Waals surface area contributed by atoms with Crippen molar-refractivity contribution in [3.8, 4) is 23.1 Å². The third-order valence-corrected chi connectivity index (χ3v) is 5.13. The standard InChI is InChI=1S/C22H26N6O/c1-22(2,29)7-3-16-11-17-18(19-6-10-25-21(23)27-19)14-28(20(17)12-26-16)13-15-4-8-24-9-5-15/h6,10-12,14-15,24,29H,4-5,8-9,13H2,1-2H3,(H2,23,25,27). The van der Waals surface area contributed by atoms with Crippen molar-refractivity contribution in [1.29, 1.82) is 0 Å². The average Bonchev–Trinajstić information content (AvgIpc) is 3.04. The van der Waals surface area contributed by atoms with Crippen LogP contribution in [0.1, 0.15) is 32.4 Å². The van der Waals surface area contributed by atoms with E-state index in [1.807, 2.05) is 18.3 Å². The Kier molecular flexibility index (Phi) is 5.22. The Hall–Kier alpha value is -2.95. The smallest absolute Gasteiger partial charge is 0.220 e. The van der Waals surface area contributed by atoms with Crippen molar-refractivity contribution in [2.24, 2.45) is 5.92 Å². The van der Waals surface area contributed by atoms with Gasteiger partial charge in [-0.25, -0.2) is 15.0 Å². The lowest BCUT2D eigenvalue weighted by atomic mass is 9.98. The van der Waals surface area contributed by atoms with Gasteiger partial charge in [0.1, 0.15) is 11.3 Å². The van der Waals surface area contributed by atoms with E-state index in [-0.39, 0.29) is 5.95 Å². The van der Waals surface area contributed by atoms with Crippen molar-refractivity contribution in [3.63, 3.8) is 0 Å². The molecule has 150 valence electrons. The van der Waals surface area contributed by atoms with Crippen molar-refractivity contribution in [2.75, 3.05) is 18.8 Å². The molecule has 29 heavy (non-hydrogen) atoms. The number of fused-ring (bicyclic) bond motifs is 1. The fourth-order valence-electron chi connectivity index (χ4n) is 3.69. The van der Waals surface area contributed by atoms with Crippen LogP contribution >= 0.6 is 0 Å². The third-order valence-electron chi connectivity index (χ3n) is 5.13. The van der Waals surface area contributed by atoms with Crippen molar-refractivity contribution >= 4 is 16.9 Å². The Balaban J connectivity index is 1.80. The van der Waals surface area contributed by atoms with Crippen LogP contribution in [-0.2, 0) is 6.54 Å². The molecule has 3 aromatic rings. The van der Waals surface area contributed by atoms with E-state index in [0.717, 1.165) is 54.6 Å². The maximum absolute atomic E-state index is 9.90. The minimum absolute atomic E-state index is 0.248. The first-order chi connectivity index (χ1) is 13.9. The van der Waals surface area contributed by atoms with Gasteiger partial charge in [0, 0.05) is 29.9 Å². The molecule has 0 amide bonds. The van der Waals surface area contributed by atoms with E-state index in [9.17, 15) is 5.11 Å². The molecule has 4 heterocycles. The summed E-state index contributed by atoms with van der Waals surface area (Å²) >= 11 is 0. The van der Waals surface area contributed by atoms with Gasteiger partial charge in [0.05, 0.1) is 17.4 Å². The zero-order valence-corrected chi connectivity index (χ0v) is 16.8. The largest absolute Gasteiger partial charge is 0.378 e. The highest BCUT2D eigenvalue weighted by Crippen LogP contribution is 2.31. The number of nitrogens with zero attached hydrogens (tertiary/aromatic N) is 4. The van der Waals surface area contributed by atoms with Gasteiger partial charge in [0.15, 0.2) is 0 Å². The predicted molar refractivity (Wildman–Crippen MR) is 114 cm³/mol. The molecule has 4 rings (SSSR count). The first-order valence-electron chi connectivity index (χ1n) is 9.93. The number of aromatic nitrogens is 4. The van der Waals surface area contributed by atoms with Crippen LogP contribution in [0.2, 0.25) is 0 Å². The second-order valence-corrected chi connectivity index (χ2v) is 8.08. The van der Waals surface area contributed by atoms with E-state index in [0.29, 0.717) is 11.6 Å². The molecule has 4 N–H and O–H groups in total. The van der Waals surface area contributed by atoms with Crippen molar-refractivity contribution < 1.29 is 5.11 Å². The summed E-state index contributed by atoms with van der Waals surface area (Å²) in [5.74, 6) is 6.68. The van der Waals surface area contributed by atoms with E-state index in [4.69, 9.17) is 5.73 Å². The maximum atomic E-state index is 9.90. The van der Waals surface area contributed by atoms with Crippen LogP contribution in [0.5, 0.6) is 0 Å². The minimum Gasteiger partial charge on any atom is -0.378 e. The van der Waals surface area contributed by atoms with Gasteiger partial charge in [-0.1, -0.05) is 5.92 Å². The van der Waals surface area contributed by atoms with Crippen molar-refractivity contribution in [1.82, 2.24) is 24.8 Å². The molecule has 0 radical (unpaired) electrons. The van der Waals surface area contributed by atoms with E-state index < -0.39 is 5.60 Å². The quantitative estimate of drug-likeness (QED) is 0.593. The van der Waals surface area contributed by atoms with E-state index >= 15 is 0 Å². The molecule has 0 unspecified atom stereocenters. The summed E-state index contributed by atoms with van der Waals surface area (Å²) in [5, 5.41) is 14.3. The predicted octanol–water partition coefficient (Wildman–Crippen LogP) is 2.20. The molecular formula is C22H26N6O. The van der Waals surface area contributed by atoms with Crippen LogP contribution in [0.25, 0.3) is 22.2 Å². The van der Waals surface area contributed by atoms with Crippen LogP contribution in [0.15, 0.2) is 30.7 Å². The summed E-state index contributed by atoms with van der Waals surface area (Å²) in [6.07, 6.45) is 7.99. The number of piperidine rings is 1. The fraction of sp³-hybridized carbons (Fsp3) is 0.409. The molecule has 0 aliphatic carbocycles. The Morgan fingerprint density at radius 2 is 2.10 bits per heavy atom.